The molecule has 0 radical (unpaired) electrons. The van der Waals surface area contributed by atoms with Gasteiger partial charge in [-0.05, 0) is 18.2 Å². The number of carbonyl (C=O) groups is 2. The number of thiol groups is 1. The lowest BCUT2D eigenvalue weighted by Crippen LogP contribution is -2.13. The van der Waals surface area contributed by atoms with Crippen molar-refractivity contribution in [3.05, 3.63) is 23.8 Å². The average molecular weight is 227 g/mol. The van der Waals surface area contributed by atoms with Crippen molar-refractivity contribution in [2.45, 2.75) is 0 Å². The van der Waals surface area contributed by atoms with E-state index in [1.165, 1.54) is 18.2 Å². The first-order valence-electron chi connectivity index (χ1n) is 4.01. The maximum absolute atomic E-state index is 10.9. The Kier molecular flexibility index (Phi) is 3.56. The van der Waals surface area contributed by atoms with Crippen molar-refractivity contribution in [2.24, 2.45) is 0 Å². The lowest BCUT2D eigenvalue weighted by molar-refractivity contribution is -0.113. The van der Waals surface area contributed by atoms with Crippen molar-refractivity contribution in [3.8, 4) is 5.75 Å². The minimum atomic E-state index is -1.26. The lowest BCUT2D eigenvalue weighted by Gasteiger charge is -2.05. The molecule has 80 valence electrons. The topological polar surface area (TPSA) is 86.6 Å². The van der Waals surface area contributed by atoms with Crippen LogP contribution in [-0.4, -0.2) is 27.8 Å². The molecule has 6 heteroatoms. The monoisotopic (exact) mass is 227 g/mol. The third-order valence-electron chi connectivity index (χ3n) is 1.65. The van der Waals surface area contributed by atoms with Gasteiger partial charge in [0.1, 0.15) is 11.3 Å². The largest absolute Gasteiger partial charge is 0.507 e. The molecule has 3 N–H and O–H groups in total. The van der Waals surface area contributed by atoms with Gasteiger partial charge in [0.2, 0.25) is 5.91 Å². The number of phenols is 1. The first-order chi connectivity index (χ1) is 7.04. The second-order valence-electron chi connectivity index (χ2n) is 2.74. The number of benzene rings is 1. The summed E-state index contributed by atoms with van der Waals surface area (Å²) in [5.74, 6) is -1.94. The smallest absolute Gasteiger partial charge is 0.339 e. The Morgan fingerprint density at radius 2 is 2.07 bits per heavy atom. The fraction of sp³-hybridized carbons (Fsp3) is 0.111. The zero-order valence-corrected chi connectivity index (χ0v) is 8.49. The number of carboxylic acids is 1. The zero-order valence-electron chi connectivity index (χ0n) is 7.60. The van der Waals surface area contributed by atoms with Crippen molar-refractivity contribution < 1.29 is 19.8 Å². The van der Waals surface area contributed by atoms with Crippen LogP contribution in [0.5, 0.6) is 5.75 Å². The van der Waals surface area contributed by atoms with Crippen LogP contribution >= 0.6 is 12.6 Å². The molecule has 0 aliphatic carbocycles. The Morgan fingerprint density at radius 1 is 1.40 bits per heavy atom. The van der Waals surface area contributed by atoms with E-state index in [0.29, 0.717) is 5.69 Å². The summed E-state index contributed by atoms with van der Waals surface area (Å²) in [6.45, 7) is 0. The van der Waals surface area contributed by atoms with Crippen LogP contribution in [0.2, 0.25) is 0 Å². The molecule has 1 aromatic carbocycles. The van der Waals surface area contributed by atoms with E-state index in [4.69, 9.17) is 5.11 Å². The number of rotatable bonds is 3. The highest BCUT2D eigenvalue weighted by Crippen LogP contribution is 2.21. The van der Waals surface area contributed by atoms with Crippen LogP contribution in [0.3, 0.4) is 0 Å². The van der Waals surface area contributed by atoms with E-state index in [9.17, 15) is 14.7 Å². The molecule has 0 spiro atoms. The first kappa shape index (κ1) is 11.4. The van der Waals surface area contributed by atoms with Gasteiger partial charge in [-0.15, -0.1) is 0 Å². The Hall–Kier alpha value is -1.69. The number of nitrogens with one attached hydrogen (secondary N) is 1. The first-order valence-corrected chi connectivity index (χ1v) is 4.65. The SMILES string of the molecule is O=C(CS)Nc1ccc(O)c(C(=O)O)c1. The molecule has 0 heterocycles. The van der Waals surface area contributed by atoms with Crippen LogP contribution in [0, 0.1) is 0 Å². The van der Waals surface area contributed by atoms with Crippen LogP contribution in [0.1, 0.15) is 10.4 Å². The quantitative estimate of drug-likeness (QED) is 0.457. The van der Waals surface area contributed by atoms with Crippen LogP contribution in [0.4, 0.5) is 5.69 Å². The van der Waals surface area contributed by atoms with Gasteiger partial charge in [0.15, 0.2) is 0 Å². The maximum Gasteiger partial charge on any atom is 0.339 e. The summed E-state index contributed by atoms with van der Waals surface area (Å²) >= 11 is 3.75. The standard InChI is InChI=1S/C9H9NO4S/c11-7-2-1-5(10-8(12)4-15)3-6(7)9(13)14/h1-3,11,15H,4H2,(H,10,12)(H,13,14). The van der Waals surface area contributed by atoms with E-state index in [-0.39, 0.29) is 23.0 Å². The third kappa shape index (κ3) is 2.88. The van der Waals surface area contributed by atoms with Gasteiger partial charge in [0.25, 0.3) is 0 Å². The fourth-order valence-corrected chi connectivity index (χ4v) is 1.06. The number of aromatic hydroxyl groups is 1. The summed E-state index contributed by atoms with van der Waals surface area (Å²) in [5.41, 5.74) is 0.0521. The molecule has 0 aliphatic rings. The van der Waals surface area contributed by atoms with Gasteiger partial charge in [0.05, 0.1) is 5.75 Å². The van der Waals surface area contributed by atoms with Crippen molar-refractivity contribution in [3.63, 3.8) is 0 Å². The van der Waals surface area contributed by atoms with Gasteiger partial charge in [0, 0.05) is 5.69 Å². The summed E-state index contributed by atoms with van der Waals surface area (Å²) in [7, 11) is 0. The molecule has 1 rings (SSSR count). The second-order valence-corrected chi connectivity index (χ2v) is 3.06. The predicted molar refractivity (Wildman–Crippen MR) is 57.5 cm³/mol. The van der Waals surface area contributed by atoms with Crippen molar-refractivity contribution >= 4 is 30.2 Å². The van der Waals surface area contributed by atoms with E-state index in [2.05, 4.69) is 17.9 Å². The molecule has 5 nitrogen and oxygen atoms in total. The number of hydrogen-bond donors (Lipinski definition) is 4. The van der Waals surface area contributed by atoms with Crippen molar-refractivity contribution in [1.82, 2.24) is 0 Å². The number of carbonyl (C=O) groups excluding carboxylic acids is 1. The number of carboxylic acid groups (broad SMARTS) is 1. The average Bonchev–Trinajstić information content (AvgIpc) is 2.20. The van der Waals surface area contributed by atoms with E-state index in [0.717, 1.165) is 0 Å². The van der Waals surface area contributed by atoms with E-state index in [1.54, 1.807) is 0 Å². The molecule has 0 atom stereocenters. The maximum atomic E-state index is 10.9. The summed E-state index contributed by atoms with van der Waals surface area (Å²) in [6.07, 6.45) is 0. The zero-order chi connectivity index (χ0) is 11.4. The number of hydrogen-bond acceptors (Lipinski definition) is 4. The minimum Gasteiger partial charge on any atom is -0.507 e. The molecule has 0 bridgehead atoms. The van der Waals surface area contributed by atoms with E-state index < -0.39 is 5.97 Å². The molecule has 0 saturated carbocycles. The van der Waals surface area contributed by atoms with Gasteiger partial charge in [-0.1, -0.05) is 0 Å². The predicted octanol–water partition coefficient (Wildman–Crippen LogP) is 0.959. The van der Waals surface area contributed by atoms with Crippen LogP contribution in [-0.2, 0) is 4.79 Å². The number of amides is 1. The molecular weight excluding hydrogens is 218 g/mol. The summed E-state index contributed by atoms with van der Waals surface area (Å²) in [5, 5.41) is 20.3. The Bertz CT molecular complexity index is 405. The van der Waals surface area contributed by atoms with Crippen molar-refractivity contribution in [2.75, 3.05) is 11.1 Å². The normalized spacial score (nSPS) is 9.67. The third-order valence-corrected chi connectivity index (χ3v) is 1.94. The molecule has 0 unspecified atom stereocenters. The number of anilines is 1. The molecule has 0 saturated heterocycles. The van der Waals surface area contributed by atoms with Gasteiger partial charge in [-0.25, -0.2) is 4.79 Å². The summed E-state index contributed by atoms with van der Waals surface area (Å²) in [6, 6.07) is 3.79. The summed E-state index contributed by atoms with van der Waals surface area (Å²) < 4.78 is 0. The van der Waals surface area contributed by atoms with Crippen LogP contribution < -0.4 is 5.32 Å². The van der Waals surface area contributed by atoms with E-state index >= 15 is 0 Å². The van der Waals surface area contributed by atoms with Crippen LogP contribution in [0.15, 0.2) is 18.2 Å². The molecule has 0 aromatic heterocycles. The Balaban J connectivity index is 2.97. The molecule has 0 aliphatic heterocycles. The lowest BCUT2D eigenvalue weighted by atomic mass is 10.2. The second kappa shape index (κ2) is 4.70. The molecule has 15 heavy (non-hydrogen) atoms. The molecule has 1 amide bonds. The van der Waals surface area contributed by atoms with Gasteiger partial charge in [-0.3, -0.25) is 4.79 Å². The van der Waals surface area contributed by atoms with Crippen molar-refractivity contribution in [1.29, 1.82) is 0 Å². The fourth-order valence-electron chi connectivity index (χ4n) is 0.986. The summed E-state index contributed by atoms with van der Waals surface area (Å²) in [4.78, 5) is 21.6. The van der Waals surface area contributed by atoms with E-state index in [1.807, 2.05) is 0 Å². The highest BCUT2D eigenvalue weighted by molar-refractivity contribution is 7.81. The molecular formula is C9H9NO4S. The minimum absolute atomic E-state index is 0.00326. The van der Waals surface area contributed by atoms with Crippen LogP contribution in [0.25, 0.3) is 0 Å². The van der Waals surface area contributed by atoms with Gasteiger partial charge in [-0.2, -0.15) is 12.6 Å². The highest BCUT2D eigenvalue weighted by atomic mass is 32.1. The highest BCUT2D eigenvalue weighted by Gasteiger charge is 2.10. The van der Waals surface area contributed by atoms with Gasteiger partial charge < -0.3 is 15.5 Å². The Morgan fingerprint density at radius 3 is 2.60 bits per heavy atom. The number of aromatic carboxylic acids is 1. The molecule has 0 fully saturated rings. The molecule has 1 aromatic rings. The van der Waals surface area contributed by atoms with Gasteiger partial charge >= 0.3 is 5.97 Å². The Labute approximate surface area is 91.1 Å².